The highest BCUT2D eigenvalue weighted by atomic mass is 16.5. The summed E-state index contributed by atoms with van der Waals surface area (Å²) < 4.78 is 5.43. The fourth-order valence-corrected chi connectivity index (χ4v) is 2.08. The summed E-state index contributed by atoms with van der Waals surface area (Å²) in [7, 11) is 0. The second kappa shape index (κ2) is 3.15. The number of fused-ring (bicyclic) bond motifs is 1. The van der Waals surface area contributed by atoms with Gasteiger partial charge in [0, 0.05) is 13.0 Å². The normalized spacial score (nSPS) is 22.9. The summed E-state index contributed by atoms with van der Waals surface area (Å²) in [6.07, 6.45) is 0.970. The van der Waals surface area contributed by atoms with Crippen LogP contribution in [0.2, 0.25) is 0 Å². The van der Waals surface area contributed by atoms with Crippen molar-refractivity contribution in [2.75, 3.05) is 13.2 Å². The van der Waals surface area contributed by atoms with Crippen molar-refractivity contribution in [2.24, 2.45) is 0 Å². The van der Waals surface area contributed by atoms with Gasteiger partial charge in [0.05, 0.1) is 12.6 Å². The minimum atomic E-state index is -0.0863. The Morgan fingerprint density at radius 1 is 1.40 bits per heavy atom. The van der Waals surface area contributed by atoms with Crippen molar-refractivity contribution in [3.63, 3.8) is 0 Å². The van der Waals surface area contributed by atoms with E-state index in [1.807, 2.05) is 12.1 Å². The SMILES string of the molecule is O=C1NC[C@H](c2ccc3c(c2)CCO3)N1. The number of amides is 2. The maximum absolute atomic E-state index is 11.0. The molecule has 15 heavy (non-hydrogen) atoms. The van der Waals surface area contributed by atoms with Crippen LogP contribution >= 0.6 is 0 Å². The number of ether oxygens (including phenoxy) is 1. The van der Waals surface area contributed by atoms with Gasteiger partial charge in [0.1, 0.15) is 5.75 Å². The predicted molar refractivity (Wildman–Crippen MR) is 54.9 cm³/mol. The van der Waals surface area contributed by atoms with E-state index in [2.05, 4.69) is 16.7 Å². The van der Waals surface area contributed by atoms with E-state index in [-0.39, 0.29) is 12.1 Å². The fourth-order valence-electron chi connectivity index (χ4n) is 2.08. The molecule has 0 saturated carbocycles. The van der Waals surface area contributed by atoms with E-state index in [1.54, 1.807) is 0 Å². The lowest BCUT2D eigenvalue weighted by Gasteiger charge is -2.10. The van der Waals surface area contributed by atoms with Gasteiger partial charge in [-0.3, -0.25) is 0 Å². The van der Waals surface area contributed by atoms with Gasteiger partial charge in [-0.25, -0.2) is 4.79 Å². The smallest absolute Gasteiger partial charge is 0.315 e. The number of benzene rings is 1. The van der Waals surface area contributed by atoms with Crippen LogP contribution in [0.15, 0.2) is 18.2 Å². The molecule has 0 aromatic heterocycles. The van der Waals surface area contributed by atoms with Crippen LogP contribution in [-0.2, 0) is 6.42 Å². The lowest BCUT2D eigenvalue weighted by molar-refractivity contribution is 0.247. The van der Waals surface area contributed by atoms with Gasteiger partial charge in [-0.1, -0.05) is 6.07 Å². The molecule has 2 aliphatic rings. The van der Waals surface area contributed by atoms with Gasteiger partial charge in [-0.15, -0.1) is 0 Å². The van der Waals surface area contributed by atoms with Gasteiger partial charge >= 0.3 is 6.03 Å². The highest BCUT2D eigenvalue weighted by molar-refractivity contribution is 5.76. The summed E-state index contributed by atoms with van der Waals surface area (Å²) >= 11 is 0. The van der Waals surface area contributed by atoms with Crippen LogP contribution in [-0.4, -0.2) is 19.2 Å². The maximum Gasteiger partial charge on any atom is 0.315 e. The van der Waals surface area contributed by atoms with Crippen molar-refractivity contribution >= 4 is 6.03 Å². The third-order valence-electron chi connectivity index (χ3n) is 2.89. The van der Waals surface area contributed by atoms with E-state index < -0.39 is 0 Å². The van der Waals surface area contributed by atoms with E-state index in [4.69, 9.17) is 4.74 Å². The molecule has 0 radical (unpaired) electrons. The lowest BCUT2D eigenvalue weighted by atomic mass is 10.0. The zero-order valence-electron chi connectivity index (χ0n) is 8.25. The standard InChI is InChI=1S/C11H12N2O2/c14-11-12-6-9(13-11)7-1-2-10-8(5-7)3-4-15-10/h1-2,5,9H,3-4,6H2,(H2,12,13,14)/t9-/m1/s1. The Morgan fingerprint density at radius 3 is 3.13 bits per heavy atom. The number of nitrogens with one attached hydrogen (secondary N) is 2. The Bertz CT molecular complexity index is 417. The van der Waals surface area contributed by atoms with E-state index in [9.17, 15) is 4.79 Å². The van der Waals surface area contributed by atoms with E-state index in [1.165, 1.54) is 5.56 Å². The number of rotatable bonds is 1. The summed E-state index contributed by atoms with van der Waals surface area (Å²) in [5, 5.41) is 5.62. The summed E-state index contributed by atoms with van der Waals surface area (Å²) in [4.78, 5) is 11.0. The molecule has 2 aliphatic heterocycles. The van der Waals surface area contributed by atoms with Crippen LogP contribution in [0, 0.1) is 0 Å². The minimum Gasteiger partial charge on any atom is -0.493 e. The first-order valence-corrected chi connectivity index (χ1v) is 5.13. The topological polar surface area (TPSA) is 50.4 Å². The van der Waals surface area contributed by atoms with Gasteiger partial charge in [0.25, 0.3) is 0 Å². The van der Waals surface area contributed by atoms with Gasteiger partial charge in [-0.2, -0.15) is 0 Å². The Hall–Kier alpha value is -1.71. The largest absolute Gasteiger partial charge is 0.493 e. The molecule has 1 fully saturated rings. The molecule has 0 bridgehead atoms. The van der Waals surface area contributed by atoms with Crippen molar-refractivity contribution in [2.45, 2.75) is 12.5 Å². The first-order valence-electron chi connectivity index (χ1n) is 5.13. The maximum atomic E-state index is 11.0. The molecule has 1 aromatic rings. The lowest BCUT2D eigenvalue weighted by Crippen LogP contribution is -2.21. The minimum absolute atomic E-state index is 0.0863. The summed E-state index contributed by atoms with van der Waals surface area (Å²) in [5.41, 5.74) is 2.39. The van der Waals surface area contributed by atoms with E-state index >= 15 is 0 Å². The molecule has 3 rings (SSSR count). The second-order valence-corrected chi connectivity index (χ2v) is 3.87. The van der Waals surface area contributed by atoms with Crippen LogP contribution in [0.1, 0.15) is 17.2 Å². The van der Waals surface area contributed by atoms with Crippen molar-refractivity contribution < 1.29 is 9.53 Å². The quantitative estimate of drug-likeness (QED) is 0.716. The number of hydrogen-bond acceptors (Lipinski definition) is 2. The number of hydrogen-bond donors (Lipinski definition) is 2. The van der Waals surface area contributed by atoms with Crippen molar-refractivity contribution in [3.8, 4) is 5.75 Å². The van der Waals surface area contributed by atoms with Crippen molar-refractivity contribution in [1.29, 1.82) is 0 Å². The Morgan fingerprint density at radius 2 is 2.33 bits per heavy atom. The summed E-state index contributed by atoms with van der Waals surface area (Å²) in [5.74, 6) is 0.982. The van der Waals surface area contributed by atoms with Gasteiger partial charge in [0.15, 0.2) is 0 Å². The summed E-state index contributed by atoms with van der Waals surface area (Å²) in [6, 6.07) is 6.14. The first kappa shape index (κ1) is 8.59. The zero-order valence-corrected chi connectivity index (χ0v) is 8.25. The molecule has 0 unspecified atom stereocenters. The average Bonchev–Trinajstić information content (AvgIpc) is 2.84. The Kier molecular flexibility index (Phi) is 1.80. The molecular weight excluding hydrogens is 192 g/mol. The monoisotopic (exact) mass is 204 g/mol. The van der Waals surface area contributed by atoms with Crippen LogP contribution in [0.3, 0.4) is 0 Å². The molecule has 1 atom stereocenters. The molecule has 2 N–H and O–H groups in total. The third-order valence-corrected chi connectivity index (χ3v) is 2.89. The van der Waals surface area contributed by atoms with Gasteiger partial charge in [0.2, 0.25) is 0 Å². The molecule has 4 heteroatoms. The molecule has 2 amide bonds. The molecular formula is C11H12N2O2. The fraction of sp³-hybridized carbons (Fsp3) is 0.364. The van der Waals surface area contributed by atoms with Gasteiger partial charge < -0.3 is 15.4 Å². The van der Waals surface area contributed by atoms with E-state index in [0.29, 0.717) is 6.54 Å². The number of carbonyl (C=O) groups is 1. The van der Waals surface area contributed by atoms with Crippen LogP contribution in [0.4, 0.5) is 4.79 Å². The van der Waals surface area contributed by atoms with Crippen LogP contribution < -0.4 is 15.4 Å². The number of carbonyl (C=O) groups excluding carboxylic acids is 1. The molecule has 4 nitrogen and oxygen atoms in total. The summed E-state index contributed by atoms with van der Waals surface area (Å²) in [6.45, 7) is 1.44. The van der Waals surface area contributed by atoms with Crippen molar-refractivity contribution in [3.05, 3.63) is 29.3 Å². The third kappa shape index (κ3) is 1.42. The first-order chi connectivity index (χ1) is 7.33. The average molecular weight is 204 g/mol. The zero-order chi connectivity index (χ0) is 10.3. The highest BCUT2D eigenvalue weighted by Gasteiger charge is 2.23. The van der Waals surface area contributed by atoms with E-state index in [0.717, 1.165) is 24.3 Å². The second-order valence-electron chi connectivity index (χ2n) is 3.87. The molecule has 1 aromatic carbocycles. The van der Waals surface area contributed by atoms with Crippen molar-refractivity contribution in [1.82, 2.24) is 10.6 Å². The highest BCUT2D eigenvalue weighted by Crippen LogP contribution is 2.28. The number of urea groups is 1. The molecule has 78 valence electrons. The molecule has 1 saturated heterocycles. The molecule has 2 heterocycles. The Labute approximate surface area is 87.6 Å². The Balaban J connectivity index is 1.89. The predicted octanol–water partition coefficient (Wildman–Crippen LogP) is 0.975. The van der Waals surface area contributed by atoms with Crippen LogP contribution in [0.5, 0.6) is 5.75 Å². The van der Waals surface area contributed by atoms with Gasteiger partial charge in [-0.05, 0) is 23.3 Å². The van der Waals surface area contributed by atoms with Crippen LogP contribution in [0.25, 0.3) is 0 Å². The molecule has 0 aliphatic carbocycles. The molecule has 0 spiro atoms.